The Balaban J connectivity index is 1.92. The molecule has 1 unspecified atom stereocenters. The molecule has 0 saturated carbocycles. The maximum absolute atomic E-state index is 9.25. The van der Waals surface area contributed by atoms with Crippen LogP contribution in [0.4, 0.5) is 5.82 Å². The summed E-state index contributed by atoms with van der Waals surface area (Å²) in [7, 11) is 0. The molecule has 3 aromatic rings. The first kappa shape index (κ1) is 14.4. The van der Waals surface area contributed by atoms with Crippen LogP contribution in [-0.2, 0) is 6.54 Å². The molecule has 0 amide bonds. The minimum absolute atomic E-state index is 0.138. The van der Waals surface area contributed by atoms with Gasteiger partial charge in [-0.05, 0) is 41.5 Å². The van der Waals surface area contributed by atoms with Crippen molar-refractivity contribution in [3.05, 3.63) is 48.0 Å². The largest absolute Gasteiger partial charge is 0.396 e. The lowest BCUT2D eigenvalue weighted by atomic mass is 10.1. The van der Waals surface area contributed by atoms with Crippen LogP contribution in [0.1, 0.15) is 18.9 Å². The lowest BCUT2D eigenvalue weighted by molar-refractivity contribution is 0.275. The zero-order chi connectivity index (χ0) is 15.4. The highest BCUT2D eigenvalue weighted by Gasteiger charge is 2.17. The number of anilines is 1. The summed E-state index contributed by atoms with van der Waals surface area (Å²) in [6.45, 7) is 2.92. The van der Waals surface area contributed by atoms with Crippen molar-refractivity contribution in [2.24, 2.45) is 0 Å². The summed E-state index contributed by atoms with van der Waals surface area (Å²) < 4.78 is 1.42. The van der Waals surface area contributed by atoms with E-state index in [0.717, 1.165) is 5.82 Å². The fourth-order valence-corrected chi connectivity index (χ4v) is 2.38. The Morgan fingerprint density at radius 3 is 2.77 bits per heavy atom. The SMILES string of the molecule is CC(CCO)N(Cc1ccccc1)c1ccc2nnnn2n1. The van der Waals surface area contributed by atoms with E-state index in [4.69, 9.17) is 0 Å². The zero-order valence-electron chi connectivity index (χ0n) is 12.4. The minimum atomic E-state index is 0.138. The Morgan fingerprint density at radius 2 is 2.00 bits per heavy atom. The quantitative estimate of drug-likeness (QED) is 0.739. The van der Waals surface area contributed by atoms with Crippen LogP contribution in [0.15, 0.2) is 42.5 Å². The smallest absolute Gasteiger partial charge is 0.200 e. The number of aliphatic hydroxyl groups is 1. The Labute approximate surface area is 128 Å². The Bertz CT molecular complexity index is 729. The van der Waals surface area contributed by atoms with Crippen molar-refractivity contribution >= 4 is 11.5 Å². The van der Waals surface area contributed by atoms with Gasteiger partial charge in [0.2, 0.25) is 0 Å². The van der Waals surface area contributed by atoms with Crippen LogP contribution in [0.5, 0.6) is 0 Å². The number of hydrogen-bond acceptors (Lipinski definition) is 6. The van der Waals surface area contributed by atoms with Gasteiger partial charge in [-0.15, -0.1) is 14.8 Å². The van der Waals surface area contributed by atoms with E-state index in [1.54, 1.807) is 0 Å². The minimum Gasteiger partial charge on any atom is -0.396 e. The standard InChI is InChI=1S/C15H18N6O/c1-12(9-10-22)20(11-13-5-3-2-4-6-13)15-8-7-14-16-18-19-21(14)17-15/h2-8,12,22H,9-11H2,1H3. The van der Waals surface area contributed by atoms with E-state index >= 15 is 0 Å². The van der Waals surface area contributed by atoms with E-state index in [1.807, 2.05) is 30.3 Å². The molecule has 0 aliphatic heterocycles. The molecule has 3 rings (SSSR count). The molecular formula is C15H18N6O. The molecule has 7 nitrogen and oxygen atoms in total. The van der Waals surface area contributed by atoms with Gasteiger partial charge in [0.1, 0.15) is 0 Å². The highest BCUT2D eigenvalue weighted by Crippen LogP contribution is 2.19. The molecule has 2 aromatic heterocycles. The summed E-state index contributed by atoms with van der Waals surface area (Å²) in [6.07, 6.45) is 0.669. The van der Waals surface area contributed by atoms with Gasteiger partial charge in [-0.1, -0.05) is 30.3 Å². The molecule has 0 fully saturated rings. The van der Waals surface area contributed by atoms with E-state index < -0.39 is 0 Å². The summed E-state index contributed by atoms with van der Waals surface area (Å²) in [4.78, 5) is 2.15. The van der Waals surface area contributed by atoms with Crippen LogP contribution < -0.4 is 4.90 Å². The second-order valence-electron chi connectivity index (χ2n) is 5.19. The van der Waals surface area contributed by atoms with Crippen molar-refractivity contribution in [2.45, 2.75) is 25.9 Å². The summed E-state index contributed by atoms with van der Waals surface area (Å²) in [5.74, 6) is 0.782. The van der Waals surface area contributed by atoms with E-state index in [2.05, 4.69) is 44.6 Å². The molecule has 0 bridgehead atoms. The van der Waals surface area contributed by atoms with Crippen molar-refractivity contribution < 1.29 is 5.11 Å². The van der Waals surface area contributed by atoms with Gasteiger partial charge in [0.15, 0.2) is 11.5 Å². The van der Waals surface area contributed by atoms with E-state index in [9.17, 15) is 5.11 Å². The third-order valence-electron chi connectivity index (χ3n) is 3.62. The van der Waals surface area contributed by atoms with Gasteiger partial charge in [-0.2, -0.15) is 0 Å². The highest BCUT2D eigenvalue weighted by molar-refractivity contribution is 5.45. The number of aliphatic hydroxyl groups excluding tert-OH is 1. The molecule has 1 N–H and O–H groups in total. The molecule has 0 aliphatic rings. The van der Waals surface area contributed by atoms with Crippen molar-refractivity contribution in [3.63, 3.8) is 0 Å². The summed E-state index contributed by atoms with van der Waals surface area (Å²) >= 11 is 0. The fourth-order valence-electron chi connectivity index (χ4n) is 2.38. The maximum atomic E-state index is 9.25. The monoisotopic (exact) mass is 298 g/mol. The van der Waals surface area contributed by atoms with Crippen LogP contribution >= 0.6 is 0 Å². The first-order valence-electron chi connectivity index (χ1n) is 7.25. The third kappa shape index (κ3) is 3.04. The average molecular weight is 298 g/mol. The first-order valence-corrected chi connectivity index (χ1v) is 7.25. The lowest BCUT2D eigenvalue weighted by Gasteiger charge is -2.29. The van der Waals surface area contributed by atoms with Crippen LogP contribution in [0.3, 0.4) is 0 Å². The molecule has 0 aliphatic carbocycles. The number of rotatable bonds is 6. The van der Waals surface area contributed by atoms with Crippen molar-refractivity contribution in [1.82, 2.24) is 25.3 Å². The molecule has 22 heavy (non-hydrogen) atoms. The number of hydrogen-bond donors (Lipinski definition) is 1. The summed E-state index contributed by atoms with van der Waals surface area (Å²) in [5, 5.41) is 25.0. The summed E-state index contributed by atoms with van der Waals surface area (Å²) in [6, 6.07) is 14.1. The number of aromatic nitrogens is 5. The van der Waals surface area contributed by atoms with Gasteiger partial charge in [-0.3, -0.25) is 0 Å². The normalized spacial score (nSPS) is 12.5. The van der Waals surface area contributed by atoms with Crippen LogP contribution in [0.25, 0.3) is 5.65 Å². The van der Waals surface area contributed by atoms with Crippen LogP contribution in [-0.4, -0.2) is 43.0 Å². The lowest BCUT2D eigenvalue weighted by Crippen LogP contribution is -2.34. The maximum Gasteiger partial charge on any atom is 0.200 e. The van der Waals surface area contributed by atoms with Gasteiger partial charge in [-0.25, -0.2) is 0 Å². The van der Waals surface area contributed by atoms with Gasteiger partial charge in [0.25, 0.3) is 0 Å². The molecular weight excluding hydrogens is 280 g/mol. The van der Waals surface area contributed by atoms with Crippen molar-refractivity contribution in [2.75, 3.05) is 11.5 Å². The Kier molecular flexibility index (Phi) is 4.24. The number of fused-ring (bicyclic) bond motifs is 1. The van der Waals surface area contributed by atoms with Gasteiger partial charge in [0, 0.05) is 19.2 Å². The van der Waals surface area contributed by atoms with Crippen LogP contribution in [0.2, 0.25) is 0 Å². The molecule has 1 atom stereocenters. The molecule has 0 saturated heterocycles. The zero-order valence-corrected chi connectivity index (χ0v) is 12.4. The van der Waals surface area contributed by atoms with E-state index in [-0.39, 0.29) is 12.6 Å². The first-order chi connectivity index (χ1) is 10.8. The molecule has 0 spiro atoms. The van der Waals surface area contributed by atoms with Crippen LogP contribution in [0, 0.1) is 0 Å². The third-order valence-corrected chi connectivity index (χ3v) is 3.62. The van der Waals surface area contributed by atoms with Gasteiger partial charge in [0.05, 0.1) is 0 Å². The Morgan fingerprint density at radius 1 is 1.18 bits per heavy atom. The van der Waals surface area contributed by atoms with E-state index in [0.29, 0.717) is 18.6 Å². The van der Waals surface area contributed by atoms with E-state index in [1.165, 1.54) is 10.2 Å². The highest BCUT2D eigenvalue weighted by atomic mass is 16.3. The predicted octanol–water partition coefficient (Wildman–Crippen LogP) is 1.30. The predicted molar refractivity (Wildman–Crippen MR) is 82.4 cm³/mol. The molecule has 0 radical (unpaired) electrons. The summed E-state index contributed by atoms with van der Waals surface area (Å²) in [5.41, 5.74) is 1.80. The molecule has 7 heteroatoms. The van der Waals surface area contributed by atoms with Gasteiger partial charge >= 0.3 is 0 Å². The molecule has 2 heterocycles. The topological polar surface area (TPSA) is 79.4 Å². The Hall–Kier alpha value is -2.54. The number of nitrogens with zero attached hydrogens (tertiary/aromatic N) is 6. The molecule has 1 aromatic carbocycles. The van der Waals surface area contributed by atoms with Crippen molar-refractivity contribution in [1.29, 1.82) is 0 Å². The second-order valence-corrected chi connectivity index (χ2v) is 5.19. The molecule has 114 valence electrons. The number of benzene rings is 1. The fraction of sp³-hybridized carbons (Fsp3) is 0.333. The second kappa shape index (κ2) is 6.48. The van der Waals surface area contributed by atoms with Crippen molar-refractivity contribution in [3.8, 4) is 0 Å². The average Bonchev–Trinajstić information content (AvgIpc) is 3.01. The van der Waals surface area contributed by atoms with Gasteiger partial charge < -0.3 is 10.0 Å². The number of tetrazole rings is 1.